The molecule has 1 aliphatic carbocycles. The average Bonchev–Trinajstić information content (AvgIpc) is 2.68. The van der Waals surface area contributed by atoms with Crippen LogP contribution in [0.25, 0.3) is 0 Å². The minimum Gasteiger partial charge on any atom is -0.512 e. The second-order valence-electron chi connectivity index (χ2n) is 5.12. The molecule has 0 bridgehead atoms. The van der Waals surface area contributed by atoms with Gasteiger partial charge in [-0.15, -0.1) is 0 Å². The van der Waals surface area contributed by atoms with Crippen LogP contribution in [-0.4, -0.2) is 16.3 Å². The smallest absolute Gasteiger partial charge is 0.0937 e. The topological polar surface area (TPSA) is 40.5 Å². The van der Waals surface area contributed by atoms with Gasteiger partial charge in [-0.3, -0.25) is 0 Å². The van der Waals surface area contributed by atoms with Gasteiger partial charge in [0.1, 0.15) is 0 Å². The van der Waals surface area contributed by atoms with Gasteiger partial charge >= 0.3 is 0 Å². The number of aliphatic hydroxyl groups excluding tert-OH is 2. The van der Waals surface area contributed by atoms with Crippen LogP contribution in [0.5, 0.6) is 0 Å². The van der Waals surface area contributed by atoms with E-state index in [1.807, 2.05) is 13.8 Å². The first-order chi connectivity index (χ1) is 7.90. The summed E-state index contributed by atoms with van der Waals surface area (Å²) in [4.78, 5) is 0. The van der Waals surface area contributed by atoms with Crippen LogP contribution in [0, 0.1) is 11.8 Å². The fourth-order valence-electron chi connectivity index (χ4n) is 2.62. The molecule has 1 aliphatic rings. The van der Waals surface area contributed by atoms with E-state index in [4.69, 9.17) is 0 Å². The molecule has 2 nitrogen and oxygen atoms in total. The predicted molar refractivity (Wildman–Crippen MR) is 71.8 cm³/mol. The van der Waals surface area contributed by atoms with Gasteiger partial charge in [0.2, 0.25) is 0 Å². The van der Waals surface area contributed by atoms with Crippen molar-refractivity contribution < 1.29 is 10.2 Å². The third-order valence-electron chi connectivity index (χ3n) is 3.83. The first-order valence-electron chi connectivity index (χ1n) is 6.28. The van der Waals surface area contributed by atoms with Gasteiger partial charge in [0, 0.05) is 11.8 Å². The van der Waals surface area contributed by atoms with Crippen LogP contribution in [0.2, 0.25) is 0 Å². The van der Waals surface area contributed by atoms with Crippen LogP contribution in [0.1, 0.15) is 40.5 Å². The quantitative estimate of drug-likeness (QED) is 0.576. The van der Waals surface area contributed by atoms with Crippen LogP contribution in [0.3, 0.4) is 0 Å². The molecule has 0 saturated carbocycles. The van der Waals surface area contributed by atoms with E-state index in [-0.39, 0.29) is 17.6 Å². The largest absolute Gasteiger partial charge is 0.512 e. The standard InChI is InChI=1S/C15H24O2/c1-6-13(16)11(5)15(17)14-10(4)7-8-12(14)9(2)3/h6,11-12,15-17H,2,7-8H2,1,3-5H3. The first-order valence-corrected chi connectivity index (χ1v) is 6.28. The lowest BCUT2D eigenvalue weighted by Gasteiger charge is -2.25. The summed E-state index contributed by atoms with van der Waals surface area (Å²) < 4.78 is 0. The maximum absolute atomic E-state index is 10.4. The molecule has 96 valence electrons. The molecule has 3 unspecified atom stereocenters. The van der Waals surface area contributed by atoms with Crippen LogP contribution < -0.4 is 0 Å². The van der Waals surface area contributed by atoms with Crippen LogP contribution >= 0.6 is 0 Å². The van der Waals surface area contributed by atoms with Crippen molar-refractivity contribution in [3.8, 4) is 0 Å². The predicted octanol–water partition coefficient (Wildman–Crippen LogP) is 3.75. The lowest BCUT2D eigenvalue weighted by Crippen LogP contribution is -2.25. The summed E-state index contributed by atoms with van der Waals surface area (Å²) in [5.74, 6) is 0.284. The maximum atomic E-state index is 10.4. The van der Waals surface area contributed by atoms with E-state index < -0.39 is 6.10 Å². The molecule has 0 aromatic heterocycles. The molecule has 0 aliphatic heterocycles. The van der Waals surface area contributed by atoms with Gasteiger partial charge in [0.15, 0.2) is 0 Å². The van der Waals surface area contributed by atoms with Gasteiger partial charge in [-0.25, -0.2) is 0 Å². The molecule has 3 atom stereocenters. The van der Waals surface area contributed by atoms with Crippen molar-refractivity contribution in [2.45, 2.75) is 46.6 Å². The Morgan fingerprint density at radius 1 is 1.53 bits per heavy atom. The molecule has 2 N–H and O–H groups in total. The molecule has 1 rings (SSSR count). The summed E-state index contributed by atoms with van der Waals surface area (Å²) in [5, 5.41) is 20.1. The number of hydrogen-bond donors (Lipinski definition) is 2. The molecule has 0 fully saturated rings. The van der Waals surface area contributed by atoms with Gasteiger partial charge < -0.3 is 10.2 Å². The van der Waals surface area contributed by atoms with E-state index in [1.165, 1.54) is 5.57 Å². The van der Waals surface area contributed by atoms with Crippen molar-refractivity contribution in [3.05, 3.63) is 35.1 Å². The second-order valence-corrected chi connectivity index (χ2v) is 5.12. The van der Waals surface area contributed by atoms with Crippen LogP contribution in [-0.2, 0) is 0 Å². The fraction of sp³-hybridized carbons (Fsp3) is 0.600. The average molecular weight is 236 g/mol. The van der Waals surface area contributed by atoms with Crippen molar-refractivity contribution in [2.75, 3.05) is 0 Å². The summed E-state index contributed by atoms with van der Waals surface area (Å²) >= 11 is 0. The molecule has 0 spiro atoms. The minimum absolute atomic E-state index is 0.245. The third-order valence-corrected chi connectivity index (χ3v) is 3.83. The monoisotopic (exact) mass is 236 g/mol. The molecular weight excluding hydrogens is 212 g/mol. The molecule has 0 heterocycles. The minimum atomic E-state index is -0.601. The molecule has 17 heavy (non-hydrogen) atoms. The Morgan fingerprint density at radius 3 is 2.59 bits per heavy atom. The normalized spacial score (nSPS) is 25.0. The highest BCUT2D eigenvalue weighted by atomic mass is 16.3. The van der Waals surface area contributed by atoms with Gasteiger partial charge in [0.25, 0.3) is 0 Å². The van der Waals surface area contributed by atoms with Crippen LogP contribution in [0.4, 0.5) is 0 Å². The van der Waals surface area contributed by atoms with Crippen molar-refractivity contribution in [3.63, 3.8) is 0 Å². The van der Waals surface area contributed by atoms with Crippen molar-refractivity contribution in [1.29, 1.82) is 0 Å². The van der Waals surface area contributed by atoms with E-state index in [1.54, 1.807) is 13.0 Å². The van der Waals surface area contributed by atoms with Crippen molar-refractivity contribution in [2.24, 2.45) is 11.8 Å². The van der Waals surface area contributed by atoms with E-state index in [0.717, 1.165) is 24.0 Å². The summed E-state index contributed by atoms with van der Waals surface area (Å²) in [6.07, 6.45) is 3.11. The highest BCUT2D eigenvalue weighted by molar-refractivity contribution is 5.32. The van der Waals surface area contributed by atoms with Gasteiger partial charge in [-0.1, -0.05) is 24.6 Å². The SMILES string of the molecule is C=C(C)C1CCC(C)=C1C(O)C(C)C(O)=CC. The molecule has 0 saturated heterocycles. The number of rotatable bonds is 4. The summed E-state index contributed by atoms with van der Waals surface area (Å²) in [5.41, 5.74) is 3.42. The molecule has 0 aromatic carbocycles. The molecule has 0 aromatic rings. The second kappa shape index (κ2) is 5.54. The van der Waals surface area contributed by atoms with Crippen molar-refractivity contribution in [1.82, 2.24) is 0 Å². The highest BCUT2D eigenvalue weighted by Gasteiger charge is 2.32. The van der Waals surface area contributed by atoms with E-state index >= 15 is 0 Å². The zero-order valence-corrected chi connectivity index (χ0v) is 11.3. The van der Waals surface area contributed by atoms with Gasteiger partial charge in [0.05, 0.1) is 11.9 Å². The maximum Gasteiger partial charge on any atom is 0.0937 e. The zero-order chi connectivity index (χ0) is 13.2. The lowest BCUT2D eigenvalue weighted by molar-refractivity contribution is 0.133. The summed E-state index contributed by atoms with van der Waals surface area (Å²) in [6, 6.07) is 0. The zero-order valence-electron chi connectivity index (χ0n) is 11.3. The Bertz CT molecular complexity index is 363. The Morgan fingerprint density at radius 2 is 2.12 bits per heavy atom. The lowest BCUT2D eigenvalue weighted by atomic mass is 9.85. The van der Waals surface area contributed by atoms with Gasteiger partial charge in [-0.2, -0.15) is 0 Å². The Balaban J connectivity index is 2.97. The molecular formula is C15H24O2. The number of aliphatic hydroxyl groups is 2. The van der Waals surface area contributed by atoms with E-state index in [2.05, 4.69) is 13.5 Å². The fourth-order valence-corrected chi connectivity index (χ4v) is 2.62. The number of hydrogen-bond acceptors (Lipinski definition) is 2. The summed E-state index contributed by atoms with van der Waals surface area (Å²) in [6.45, 7) is 11.7. The molecule has 2 heteroatoms. The highest BCUT2D eigenvalue weighted by Crippen LogP contribution is 2.40. The Kier molecular flexibility index (Phi) is 4.58. The van der Waals surface area contributed by atoms with E-state index in [9.17, 15) is 10.2 Å². The molecule has 0 radical (unpaired) electrons. The third kappa shape index (κ3) is 2.81. The summed E-state index contributed by atoms with van der Waals surface area (Å²) in [7, 11) is 0. The van der Waals surface area contributed by atoms with E-state index in [0.29, 0.717) is 0 Å². The molecule has 0 amide bonds. The Hall–Kier alpha value is -1.02. The Labute approximate surface area is 104 Å². The number of allylic oxidation sites excluding steroid dienone is 3. The van der Waals surface area contributed by atoms with Crippen molar-refractivity contribution >= 4 is 0 Å². The first kappa shape index (κ1) is 14.0. The van der Waals surface area contributed by atoms with Gasteiger partial charge in [-0.05, 0) is 45.3 Å². The van der Waals surface area contributed by atoms with Crippen LogP contribution in [0.15, 0.2) is 35.1 Å².